The fourth-order valence-electron chi connectivity index (χ4n) is 1.90. The molecular formula is C11H24N2O2. The Bertz CT molecular complexity index is 180. The molecule has 1 saturated heterocycles. The zero-order valence-corrected chi connectivity index (χ0v) is 10.3. The average Bonchev–Trinajstić information content (AvgIpc) is 2.56. The number of nitrogens with zero attached hydrogens (tertiary/aromatic N) is 1. The zero-order chi connectivity index (χ0) is 11.5. The fourth-order valence-corrected chi connectivity index (χ4v) is 1.90. The Balaban J connectivity index is 2.34. The molecule has 0 amide bonds. The van der Waals surface area contributed by atoms with Crippen LogP contribution in [0.5, 0.6) is 0 Å². The summed E-state index contributed by atoms with van der Waals surface area (Å²) in [6.45, 7) is 7.04. The molecule has 2 atom stereocenters. The van der Waals surface area contributed by atoms with Gasteiger partial charge in [-0.2, -0.15) is 0 Å². The molecule has 0 aromatic heterocycles. The molecule has 0 aromatic rings. The van der Waals surface area contributed by atoms with E-state index in [1.54, 1.807) is 14.2 Å². The van der Waals surface area contributed by atoms with Crippen LogP contribution in [0.1, 0.15) is 20.3 Å². The van der Waals surface area contributed by atoms with Gasteiger partial charge in [0.2, 0.25) is 0 Å². The van der Waals surface area contributed by atoms with Crippen molar-refractivity contribution < 1.29 is 9.47 Å². The number of methoxy groups -OCH3 is 2. The lowest BCUT2D eigenvalue weighted by molar-refractivity contribution is -0.00461. The van der Waals surface area contributed by atoms with Crippen molar-refractivity contribution in [3.05, 3.63) is 0 Å². The van der Waals surface area contributed by atoms with Gasteiger partial charge in [0.05, 0.1) is 12.2 Å². The minimum atomic E-state index is -0.0896. The molecule has 1 rings (SSSR count). The second-order valence-electron chi connectivity index (χ2n) is 5.05. The molecule has 0 aromatic carbocycles. The van der Waals surface area contributed by atoms with Gasteiger partial charge in [-0.05, 0) is 20.3 Å². The van der Waals surface area contributed by atoms with Crippen molar-refractivity contribution in [3.63, 3.8) is 0 Å². The molecule has 0 bridgehead atoms. The molecule has 4 heteroatoms. The predicted molar refractivity (Wildman–Crippen MR) is 60.9 cm³/mol. The van der Waals surface area contributed by atoms with Gasteiger partial charge in [-0.1, -0.05) is 0 Å². The smallest absolute Gasteiger partial charge is 0.0971 e. The normalized spacial score (nSPS) is 28.6. The molecule has 4 nitrogen and oxygen atoms in total. The number of nitrogens with two attached hydrogens (primary N) is 1. The van der Waals surface area contributed by atoms with Gasteiger partial charge in [0.15, 0.2) is 0 Å². The molecule has 1 heterocycles. The molecule has 0 spiro atoms. The summed E-state index contributed by atoms with van der Waals surface area (Å²) < 4.78 is 10.8. The summed E-state index contributed by atoms with van der Waals surface area (Å²) in [5, 5.41) is 0. The van der Waals surface area contributed by atoms with Crippen LogP contribution in [0.4, 0.5) is 0 Å². The maximum absolute atomic E-state index is 5.96. The molecule has 0 aliphatic carbocycles. The van der Waals surface area contributed by atoms with Crippen LogP contribution < -0.4 is 5.73 Å². The van der Waals surface area contributed by atoms with E-state index in [1.807, 2.05) is 0 Å². The van der Waals surface area contributed by atoms with Gasteiger partial charge in [-0.3, -0.25) is 4.90 Å². The van der Waals surface area contributed by atoms with Crippen LogP contribution in [-0.4, -0.2) is 56.5 Å². The van der Waals surface area contributed by atoms with E-state index in [-0.39, 0.29) is 17.7 Å². The van der Waals surface area contributed by atoms with Crippen LogP contribution in [0.25, 0.3) is 0 Å². The number of ether oxygens (including phenoxy) is 2. The Labute approximate surface area is 92.7 Å². The van der Waals surface area contributed by atoms with Crippen molar-refractivity contribution in [2.75, 3.05) is 33.9 Å². The maximum Gasteiger partial charge on any atom is 0.0971 e. The Hall–Kier alpha value is -0.160. The predicted octanol–water partition coefficient (Wildman–Crippen LogP) is 0.459. The van der Waals surface area contributed by atoms with Gasteiger partial charge in [-0.25, -0.2) is 0 Å². The highest BCUT2D eigenvalue weighted by atomic mass is 16.5. The van der Waals surface area contributed by atoms with Crippen molar-refractivity contribution in [1.82, 2.24) is 4.90 Å². The Morgan fingerprint density at radius 1 is 1.20 bits per heavy atom. The molecule has 2 N–H and O–H groups in total. The van der Waals surface area contributed by atoms with Crippen LogP contribution >= 0.6 is 0 Å². The monoisotopic (exact) mass is 216 g/mol. The highest BCUT2D eigenvalue weighted by molar-refractivity contribution is 4.87. The average molecular weight is 216 g/mol. The van der Waals surface area contributed by atoms with Crippen LogP contribution in [0.2, 0.25) is 0 Å². The molecule has 1 aliphatic heterocycles. The molecule has 0 saturated carbocycles. The second-order valence-corrected chi connectivity index (χ2v) is 5.05. The number of hydrogen-bond donors (Lipinski definition) is 1. The quantitative estimate of drug-likeness (QED) is 0.725. The SMILES string of the molecule is COC1CN(CCC(C)(C)N)CC1OC. The summed E-state index contributed by atoms with van der Waals surface area (Å²) in [5.41, 5.74) is 5.87. The lowest BCUT2D eigenvalue weighted by Gasteiger charge is -2.22. The Morgan fingerprint density at radius 2 is 1.67 bits per heavy atom. The number of hydrogen-bond acceptors (Lipinski definition) is 4. The van der Waals surface area contributed by atoms with Crippen LogP contribution in [0, 0.1) is 0 Å². The first-order valence-corrected chi connectivity index (χ1v) is 5.53. The van der Waals surface area contributed by atoms with Crippen LogP contribution in [0.15, 0.2) is 0 Å². The van der Waals surface area contributed by atoms with Crippen molar-refractivity contribution in [2.24, 2.45) is 5.73 Å². The Morgan fingerprint density at radius 3 is 2.00 bits per heavy atom. The van der Waals surface area contributed by atoms with E-state index in [0.29, 0.717) is 0 Å². The first kappa shape index (κ1) is 12.9. The lowest BCUT2D eigenvalue weighted by atomic mass is 10.0. The Kier molecular flexibility index (Phi) is 4.52. The minimum absolute atomic E-state index is 0.0896. The molecular weight excluding hydrogens is 192 g/mol. The van der Waals surface area contributed by atoms with Gasteiger partial charge >= 0.3 is 0 Å². The first-order valence-electron chi connectivity index (χ1n) is 5.53. The van der Waals surface area contributed by atoms with Gasteiger partial charge < -0.3 is 15.2 Å². The van der Waals surface area contributed by atoms with Crippen molar-refractivity contribution >= 4 is 0 Å². The lowest BCUT2D eigenvalue weighted by Crippen LogP contribution is -2.37. The highest BCUT2D eigenvalue weighted by Gasteiger charge is 2.32. The standard InChI is InChI=1S/C11H24N2O2/c1-11(2,12)5-6-13-7-9(14-3)10(8-13)15-4/h9-10H,5-8,12H2,1-4H3. The molecule has 90 valence electrons. The molecule has 1 fully saturated rings. The van der Waals surface area contributed by atoms with E-state index in [2.05, 4.69) is 18.7 Å². The second kappa shape index (κ2) is 5.25. The van der Waals surface area contributed by atoms with E-state index in [9.17, 15) is 0 Å². The topological polar surface area (TPSA) is 47.7 Å². The summed E-state index contributed by atoms with van der Waals surface area (Å²) in [4.78, 5) is 2.36. The summed E-state index contributed by atoms with van der Waals surface area (Å²) >= 11 is 0. The van der Waals surface area contributed by atoms with Gasteiger partial charge in [0, 0.05) is 39.4 Å². The van der Waals surface area contributed by atoms with Gasteiger partial charge in [0.1, 0.15) is 0 Å². The van der Waals surface area contributed by atoms with Crippen LogP contribution in [-0.2, 0) is 9.47 Å². The molecule has 15 heavy (non-hydrogen) atoms. The summed E-state index contributed by atoms with van der Waals surface area (Å²) in [6.07, 6.45) is 1.41. The van der Waals surface area contributed by atoms with E-state index >= 15 is 0 Å². The molecule has 0 radical (unpaired) electrons. The van der Waals surface area contributed by atoms with E-state index in [1.165, 1.54) is 0 Å². The highest BCUT2D eigenvalue weighted by Crippen LogP contribution is 2.17. The molecule has 1 aliphatic rings. The third-order valence-electron chi connectivity index (χ3n) is 2.97. The van der Waals surface area contributed by atoms with Crippen molar-refractivity contribution in [1.29, 1.82) is 0 Å². The number of rotatable bonds is 5. The van der Waals surface area contributed by atoms with Crippen LogP contribution in [0.3, 0.4) is 0 Å². The third-order valence-corrected chi connectivity index (χ3v) is 2.97. The fraction of sp³-hybridized carbons (Fsp3) is 1.00. The summed E-state index contributed by atoms with van der Waals surface area (Å²) in [7, 11) is 3.49. The van der Waals surface area contributed by atoms with E-state index < -0.39 is 0 Å². The van der Waals surface area contributed by atoms with E-state index in [0.717, 1.165) is 26.1 Å². The molecule has 2 unspecified atom stereocenters. The van der Waals surface area contributed by atoms with Crippen molar-refractivity contribution in [3.8, 4) is 0 Å². The van der Waals surface area contributed by atoms with Gasteiger partial charge in [0.25, 0.3) is 0 Å². The van der Waals surface area contributed by atoms with Crippen molar-refractivity contribution in [2.45, 2.75) is 38.0 Å². The van der Waals surface area contributed by atoms with Gasteiger partial charge in [-0.15, -0.1) is 0 Å². The summed E-state index contributed by atoms with van der Waals surface area (Å²) in [6, 6.07) is 0. The van der Waals surface area contributed by atoms with E-state index in [4.69, 9.17) is 15.2 Å². The minimum Gasteiger partial charge on any atom is -0.377 e. The maximum atomic E-state index is 5.96. The first-order chi connectivity index (χ1) is 6.96. The summed E-state index contributed by atoms with van der Waals surface area (Å²) in [5.74, 6) is 0. The third kappa shape index (κ3) is 4.07. The zero-order valence-electron chi connectivity index (χ0n) is 10.3. The largest absolute Gasteiger partial charge is 0.377 e. The number of likely N-dealkylation sites (tertiary alicyclic amines) is 1.